The van der Waals surface area contributed by atoms with Crippen LogP contribution in [0.3, 0.4) is 0 Å². The Bertz CT molecular complexity index is 1140. The molecule has 2 atom stereocenters. The highest BCUT2D eigenvalue weighted by Crippen LogP contribution is 2.36. The van der Waals surface area contributed by atoms with Crippen LogP contribution in [0.5, 0.6) is 0 Å². The number of H-pyrrole nitrogens is 1. The Morgan fingerprint density at radius 3 is 2.67 bits per heavy atom. The number of carbonyl (C=O) groups excluding carboxylic acids is 1. The molecule has 1 aliphatic carbocycles. The standard InChI is InChI=1S/C26H31N5O2/c32-24-16-20(12-13-27-24)23-11-10-22(25-28-14-15-31(23)25)30-21-8-6-19(7-9-21)26(33)29-17-18-4-2-1-3-5-18/h6-9,12-16,18,22-23,30H,1-5,10-11,17H2,(H,27,32)(H,29,33). The molecule has 1 aromatic carbocycles. The Labute approximate surface area is 193 Å². The average Bonchev–Trinajstić information content (AvgIpc) is 3.34. The van der Waals surface area contributed by atoms with E-state index in [0.717, 1.165) is 36.5 Å². The fourth-order valence-corrected chi connectivity index (χ4v) is 5.23. The van der Waals surface area contributed by atoms with Gasteiger partial charge in [0.1, 0.15) is 5.82 Å². The van der Waals surface area contributed by atoms with Gasteiger partial charge >= 0.3 is 0 Å². The third kappa shape index (κ3) is 4.87. The lowest BCUT2D eigenvalue weighted by atomic mass is 9.89. The summed E-state index contributed by atoms with van der Waals surface area (Å²) in [6.45, 7) is 0.776. The number of benzene rings is 1. The van der Waals surface area contributed by atoms with Crippen LogP contribution in [0.1, 0.15) is 78.8 Å². The van der Waals surface area contributed by atoms with Crippen molar-refractivity contribution in [2.24, 2.45) is 5.92 Å². The Morgan fingerprint density at radius 2 is 1.88 bits per heavy atom. The summed E-state index contributed by atoms with van der Waals surface area (Å²) in [7, 11) is 0. The molecule has 0 spiro atoms. The number of rotatable bonds is 6. The quantitative estimate of drug-likeness (QED) is 0.524. The SMILES string of the molecule is O=C(NCC1CCCCC1)c1ccc(NC2CCC(c3cc[nH]c(=O)c3)n3ccnc32)cc1. The monoisotopic (exact) mass is 445 g/mol. The van der Waals surface area contributed by atoms with Gasteiger partial charge in [0.25, 0.3) is 5.91 Å². The molecule has 0 radical (unpaired) electrons. The molecule has 5 rings (SSSR count). The van der Waals surface area contributed by atoms with Crippen LogP contribution in [0.25, 0.3) is 0 Å². The predicted molar refractivity (Wildman–Crippen MR) is 128 cm³/mol. The highest BCUT2D eigenvalue weighted by Gasteiger charge is 2.29. The zero-order valence-corrected chi connectivity index (χ0v) is 18.8. The molecule has 1 amide bonds. The number of nitrogens with one attached hydrogen (secondary N) is 3. The second kappa shape index (κ2) is 9.65. The first-order chi connectivity index (χ1) is 16.2. The van der Waals surface area contributed by atoms with Crippen LogP contribution >= 0.6 is 0 Å². The molecule has 0 saturated heterocycles. The van der Waals surface area contributed by atoms with Crippen LogP contribution in [-0.2, 0) is 0 Å². The first-order valence-electron chi connectivity index (χ1n) is 12.0. The summed E-state index contributed by atoms with van der Waals surface area (Å²) in [6.07, 6.45) is 13.6. The molecule has 3 N–H and O–H groups in total. The summed E-state index contributed by atoms with van der Waals surface area (Å²) in [5, 5.41) is 6.68. The Balaban J connectivity index is 1.22. The van der Waals surface area contributed by atoms with Crippen molar-refractivity contribution in [2.45, 2.75) is 57.0 Å². The molecule has 3 heterocycles. The van der Waals surface area contributed by atoms with Crippen molar-refractivity contribution in [1.29, 1.82) is 0 Å². The van der Waals surface area contributed by atoms with Crippen LogP contribution in [0.15, 0.2) is 59.8 Å². The van der Waals surface area contributed by atoms with E-state index in [-0.39, 0.29) is 23.6 Å². The third-order valence-corrected chi connectivity index (χ3v) is 7.02. The number of anilines is 1. The summed E-state index contributed by atoms with van der Waals surface area (Å²) in [4.78, 5) is 31.6. The van der Waals surface area contributed by atoms with E-state index >= 15 is 0 Å². The van der Waals surface area contributed by atoms with Crippen LogP contribution in [-0.4, -0.2) is 27.0 Å². The molecule has 7 heteroatoms. The van der Waals surface area contributed by atoms with E-state index in [1.54, 1.807) is 12.3 Å². The summed E-state index contributed by atoms with van der Waals surface area (Å²) in [5.41, 5.74) is 2.57. The topological polar surface area (TPSA) is 91.8 Å². The summed E-state index contributed by atoms with van der Waals surface area (Å²) in [5.74, 6) is 1.58. The van der Waals surface area contributed by atoms with Crippen molar-refractivity contribution < 1.29 is 4.79 Å². The fourth-order valence-electron chi connectivity index (χ4n) is 5.23. The number of imidazole rings is 1. The van der Waals surface area contributed by atoms with Crippen molar-refractivity contribution in [3.8, 4) is 0 Å². The summed E-state index contributed by atoms with van der Waals surface area (Å²) < 4.78 is 2.16. The second-order valence-corrected chi connectivity index (χ2v) is 9.26. The van der Waals surface area contributed by atoms with Gasteiger partial charge < -0.3 is 20.2 Å². The first-order valence-corrected chi connectivity index (χ1v) is 12.0. The first kappa shape index (κ1) is 21.5. The summed E-state index contributed by atoms with van der Waals surface area (Å²) in [6, 6.07) is 11.5. The van der Waals surface area contributed by atoms with Crippen molar-refractivity contribution in [3.05, 3.63) is 82.3 Å². The number of hydrogen-bond acceptors (Lipinski definition) is 4. The molecular weight excluding hydrogens is 414 g/mol. The van der Waals surface area contributed by atoms with Crippen LogP contribution in [0.4, 0.5) is 5.69 Å². The Kier molecular flexibility index (Phi) is 6.28. The van der Waals surface area contributed by atoms with E-state index in [2.05, 4.69) is 25.2 Å². The predicted octanol–water partition coefficient (Wildman–Crippen LogP) is 4.42. The Morgan fingerprint density at radius 1 is 1.06 bits per heavy atom. The van der Waals surface area contributed by atoms with Crippen molar-refractivity contribution in [2.75, 3.05) is 11.9 Å². The minimum atomic E-state index is -0.0859. The van der Waals surface area contributed by atoms with Gasteiger partial charge in [-0.15, -0.1) is 0 Å². The second-order valence-electron chi connectivity index (χ2n) is 9.26. The van der Waals surface area contributed by atoms with Crippen LogP contribution < -0.4 is 16.2 Å². The minimum absolute atomic E-state index is 0.000947. The van der Waals surface area contributed by atoms with Crippen molar-refractivity contribution in [3.63, 3.8) is 0 Å². The van der Waals surface area contributed by atoms with Gasteiger partial charge in [-0.05, 0) is 67.5 Å². The molecule has 1 aliphatic heterocycles. The molecule has 7 nitrogen and oxygen atoms in total. The van der Waals surface area contributed by atoms with Crippen LogP contribution in [0.2, 0.25) is 0 Å². The number of hydrogen-bond donors (Lipinski definition) is 3. The fraction of sp³-hybridized carbons (Fsp3) is 0.423. The van der Waals surface area contributed by atoms with E-state index in [1.807, 2.05) is 42.7 Å². The number of pyridine rings is 1. The van der Waals surface area contributed by atoms with Gasteiger partial charge in [0, 0.05) is 42.5 Å². The average molecular weight is 446 g/mol. The van der Waals surface area contributed by atoms with Crippen LogP contribution in [0, 0.1) is 5.92 Å². The molecule has 172 valence electrons. The van der Waals surface area contributed by atoms with E-state index in [0.29, 0.717) is 11.5 Å². The number of carbonyl (C=O) groups is 1. The minimum Gasteiger partial charge on any atom is -0.375 e. The van der Waals surface area contributed by atoms with E-state index in [1.165, 1.54) is 32.1 Å². The molecule has 2 aliphatic rings. The Hall–Kier alpha value is -3.35. The lowest BCUT2D eigenvalue weighted by Gasteiger charge is -2.31. The lowest BCUT2D eigenvalue weighted by Crippen LogP contribution is -2.30. The highest BCUT2D eigenvalue weighted by atomic mass is 16.1. The maximum Gasteiger partial charge on any atom is 0.251 e. The van der Waals surface area contributed by atoms with E-state index in [9.17, 15) is 9.59 Å². The summed E-state index contributed by atoms with van der Waals surface area (Å²) >= 11 is 0. The number of fused-ring (bicyclic) bond motifs is 1. The number of aromatic nitrogens is 3. The van der Waals surface area contributed by atoms with E-state index in [4.69, 9.17) is 0 Å². The molecular formula is C26H31N5O2. The van der Waals surface area contributed by atoms with Gasteiger partial charge in [0.15, 0.2) is 0 Å². The number of aromatic amines is 1. The third-order valence-electron chi connectivity index (χ3n) is 7.02. The number of nitrogens with zero attached hydrogens (tertiary/aromatic N) is 2. The zero-order chi connectivity index (χ0) is 22.6. The highest BCUT2D eigenvalue weighted by molar-refractivity contribution is 5.94. The molecule has 2 aromatic heterocycles. The maximum absolute atomic E-state index is 12.5. The van der Waals surface area contributed by atoms with Crippen molar-refractivity contribution >= 4 is 11.6 Å². The van der Waals surface area contributed by atoms with Gasteiger partial charge in [0.05, 0.1) is 12.1 Å². The molecule has 3 aromatic rings. The molecule has 1 saturated carbocycles. The normalized spacial score (nSPS) is 20.7. The molecule has 0 bridgehead atoms. The molecule has 2 unspecified atom stereocenters. The maximum atomic E-state index is 12.5. The van der Waals surface area contributed by atoms with Gasteiger partial charge in [-0.3, -0.25) is 9.59 Å². The lowest BCUT2D eigenvalue weighted by molar-refractivity contribution is 0.0943. The van der Waals surface area contributed by atoms with E-state index < -0.39 is 0 Å². The van der Waals surface area contributed by atoms with Gasteiger partial charge in [-0.25, -0.2) is 4.98 Å². The van der Waals surface area contributed by atoms with Gasteiger partial charge in [-0.1, -0.05) is 19.3 Å². The zero-order valence-electron chi connectivity index (χ0n) is 18.8. The largest absolute Gasteiger partial charge is 0.375 e. The smallest absolute Gasteiger partial charge is 0.251 e. The molecule has 33 heavy (non-hydrogen) atoms. The van der Waals surface area contributed by atoms with Gasteiger partial charge in [0.2, 0.25) is 5.56 Å². The molecule has 1 fully saturated rings. The number of amides is 1. The van der Waals surface area contributed by atoms with Gasteiger partial charge in [-0.2, -0.15) is 0 Å². The van der Waals surface area contributed by atoms with Crippen molar-refractivity contribution in [1.82, 2.24) is 19.9 Å².